The highest BCUT2D eigenvalue weighted by atomic mass is 32.1. The van der Waals surface area contributed by atoms with Crippen LogP contribution in [0.4, 0.5) is 5.13 Å². The van der Waals surface area contributed by atoms with Crippen LogP contribution in [0.15, 0.2) is 5.38 Å². The van der Waals surface area contributed by atoms with E-state index >= 15 is 0 Å². The van der Waals surface area contributed by atoms with E-state index in [1.165, 1.54) is 0 Å². The van der Waals surface area contributed by atoms with Gasteiger partial charge in [0.05, 0.1) is 18.2 Å². The zero-order valence-corrected chi connectivity index (χ0v) is 14.4. The number of hydrogen-bond donors (Lipinski definition) is 1. The Morgan fingerprint density at radius 3 is 2.86 bits per heavy atom. The molecule has 1 saturated heterocycles. The second-order valence-corrected chi connectivity index (χ2v) is 7.16. The molecule has 0 spiro atoms. The summed E-state index contributed by atoms with van der Waals surface area (Å²) in [4.78, 5) is 32.3. The van der Waals surface area contributed by atoms with Gasteiger partial charge in [0.15, 0.2) is 5.13 Å². The van der Waals surface area contributed by atoms with E-state index in [-0.39, 0.29) is 17.7 Å². The van der Waals surface area contributed by atoms with Crippen molar-refractivity contribution in [2.24, 2.45) is 11.8 Å². The lowest BCUT2D eigenvalue weighted by molar-refractivity contribution is -0.129. The Labute approximate surface area is 135 Å². The molecule has 2 amide bonds. The van der Waals surface area contributed by atoms with Gasteiger partial charge >= 0.3 is 0 Å². The van der Waals surface area contributed by atoms with Gasteiger partial charge in [0, 0.05) is 39.0 Å². The average Bonchev–Trinajstić information content (AvgIpc) is 3.03. The van der Waals surface area contributed by atoms with Gasteiger partial charge in [-0.1, -0.05) is 13.8 Å². The molecule has 1 atom stereocenters. The van der Waals surface area contributed by atoms with Crippen LogP contribution in [0.3, 0.4) is 0 Å². The zero-order chi connectivity index (χ0) is 16.3. The van der Waals surface area contributed by atoms with Crippen LogP contribution in [0.5, 0.6) is 0 Å². The monoisotopic (exact) mass is 324 g/mol. The van der Waals surface area contributed by atoms with Crippen LogP contribution < -0.4 is 10.2 Å². The third-order valence-corrected chi connectivity index (χ3v) is 4.59. The molecular formula is C15H24N4O2S. The topological polar surface area (TPSA) is 65.5 Å². The standard InChI is InChI=1S/C15H24N4O2S/c1-10(2)7-19-8-11(5-13(19)20)14(21)16-6-12-9-22-15(17-12)18(3)4/h9-11H,5-8H2,1-4H3,(H,16,21). The zero-order valence-electron chi connectivity index (χ0n) is 13.6. The van der Waals surface area contributed by atoms with E-state index in [0.717, 1.165) is 17.4 Å². The number of carbonyl (C=O) groups excluding carboxylic acids is 2. The summed E-state index contributed by atoms with van der Waals surface area (Å²) in [5, 5.41) is 5.76. The molecular weight excluding hydrogens is 300 g/mol. The summed E-state index contributed by atoms with van der Waals surface area (Å²) >= 11 is 1.55. The maximum absolute atomic E-state index is 12.2. The first-order chi connectivity index (χ1) is 10.4. The molecule has 1 fully saturated rings. The Morgan fingerprint density at radius 1 is 1.55 bits per heavy atom. The molecule has 0 aromatic carbocycles. The molecule has 1 unspecified atom stereocenters. The van der Waals surface area contributed by atoms with Crippen molar-refractivity contribution in [3.05, 3.63) is 11.1 Å². The Bertz CT molecular complexity index is 541. The molecule has 2 heterocycles. The molecule has 0 saturated carbocycles. The van der Waals surface area contributed by atoms with Crippen molar-refractivity contribution < 1.29 is 9.59 Å². The van der Waals surface area contributed by atoms with E-state index in [4.69, 9.17) is 0 Å². The van der Waals surface area contributed by atoms with Gasteiger partial charge in [-0.2, -0.15) is 0 Å². The highest BCUT2D eigenvalue weighted by Gasteiger charge is 2.34. The highest BCUT2D eigenvalue weighted by Crippen LogP contribution is 2.20. The minimum Gasteiger partial charge on any atom is -0.354 e. The van der Waals surface area contributed by atoms with Crippen LogP contribution >= 0.6 is 11.3 Å². The van der Waals surface area contributed by atoms with Crippen molar-refractivity contribution in [3.8, 4) is 0 Å². The van der Waals surface area contributed by atoms with Gasteiger partial charge in [0.2, 0.25) is 11.8 Å². The molecule has 0 bridgehead atoms. The first-order valence-electron chi connectivity index (χ1n) is 7.54. The number of thiazole rings is 1. The van der Waals surface area contributed by atoms with Crippen LogP contribution in [-0.4, -0.2) is 48.9 Å². The first kappa shape index (κ1) is 16.7. The average molecular weight is 324 g/mol. The minimum absolute atomic E-state index is 0.0565. The lowest BCUT2D eigenvalue weighted by Crippen LogP contribution is -2.33. The van der Waals surface area contributed by atoms with Crippen LogP contribution in [0.2, 0.25) is 0 Å². The fraction of sp³-hybridized carbons (Fsp3) is 0.667. The number of likely N-dealkylation sites (tertiary alicyclic amines) is 1. The summed E-state index contributed by atoms with van der Waals surface area (Å²) in [6.45, 7) is 5.82. The predicted molar refractivity (Wildman–Crippen MR) is 87.8 cm³/mol. The number of amides is 2. The van der Waals surface area contributed by atoms with Gasteiger partial charge in [-0.25, -0.2) is 4.98 Å². The van der Waals surface area contributed by atoms with E-state index in [9.17, 15) is 9.59 Å². The van der Waals surface area contributed by atoms with Gasteiger partial charge in [0.1, 0.15) is 0 Å². The number of aromatic nitrogens is 1. The summed E-state index contributed by atoms with van der Waals surface area (Å²) in [6, 6.07) is 0. The number of nitrogens with one attached hydrogen (secondary N) is 1. The van der Waals surface area contributed by atoms with Crippen LogP contribution in [-0.2, 0) is 16.1 Å². The van der Waals surface area contributed by atoms with Gasteiger partial charge in [-0.05, 0) is 5.92 Å². The molecule has 1 aromatic heterocycles. The predicted octanol–water partition coefficient (Wildman–Crippen LogP) is 1.33. The molecule has 6 nitrogen and oxygen atoms in total. The van der Waals surface area contributed by atoms with Crippen molar-refractivity contribution >= 4 is 28.3 Å². The van der Waals surface area contributed by atoms with E-state index in [1.54, 1.807) is 16.2 Å². The lowest BCUT2D eigenvalue weighted by atomic mass is 10.1. The second-order valence-electron chi connectivity index (χ2n) is 6.33. The number of hydrogen-bond acceptors (Lipinski definition) is 5. The molecule has 22 heavy (non-hydrogen) atoms. The van der Waals surface area contributed by atoms with Gasteiger partial charge in [0.25, 0.3) is 0 Å². The molecule has 0 radical (unpaired) electrons. The highest BCUT2D eigenvalue weighted by molar-refractivity contribution is 7.13. The summed E-state index contributed by atoms with van der Waals surface area (Å²) in [5.74, 6) is 0.208. The van der Waals surface area contributed by atoms with Crippen molar-refractivity contribution in [3.63, 3.8) is 0 Å². The molecule has 2 rings (SSSR count). The lowest BCUT2D eigenvalue weighted by Gasteiger charge is -2.18. The van der Waals surface area contributed by atoms with Crippen LogP contribution in [0, 0.1) is 11.8 Å². The Kier molecular flexibility index (Phi) is 5.39. The minimum atomic E-state index is -0.238. The molecule has 122 valence electrons. The van der Waals surface area contributed by atoms with Crippen LogP contribution in [0.25, 0.3) is 0 Å². The van der Waals surface area contributed by atoms with E-state index in [2.05, 4.69) is 24.1 Å². The molecule has 1 aromatic rings. The quantitative estimate of drug-likeness (QED) is 0.857. The Morgan fingerprint density at radius 2 is 2.27 bits per heavy atom. The van der Waals surface area contributed by atoms with E-state index in [1.807, 2.05) is 24.4 Å². The molecule has 1 aliphatic heterocycles. The summed E-state index contributed by atoms with van der Waals surface area (Å²) < 4.78 is 0. The first-order valence-corrected chi connectivity index (χ1v) is 8.42. The fourth-order valence-electron chi connectivity index (χ4n) is 2.47. The van der Waals surface area contributed by atoms with E-state index in [0.29, 0.717) is 25.4 Å². The smallest absolute Gasteiger partial charge is 0.225 e. The van der Waals surface area contributed by atoms with E-state index < -0.39 is 0 Å². The summed E-state index contributed by atoms with van der Waals surface area (Å²) in [6.07, 6.45) is 0.318. The van der Waals surface area contributed by atoms with Gasteiger partial charge in [-0.3, -0.25) is 9.59 Å². The van der Waals surface area contributed by atoms with Crippen molar-refractivity contribution in [2.75, 3.05) is 32.1 Å². The van der Waals surface area contributed by atoms with Gasteiger partial charge < -0.3 is 15.1 Å². The molecule has 0 aliphatic carbocycles. The van der Waals surface area contributed by atoms with Crippen molar-refractivity contribution in [1.82, 2.24) is 15.2 Å². The largest absolute Gasteiger partial charge is 0.354 e. The number of nitrogens with zero attached hydrogens (tertiary/aromatic N) is 3. The summed E-state index contributed by atoms with van der Waals surface area (Å²) in [7, 11) is 3.88. The third kappa shape index (κ3) is 4.19. The third-order valence-electron chi connectivity index (χ3n) is 3.54. The normalized spacial score (nSPS) is 18.1. The second kappa shape index (κ2) is 7.09. The Hall–Kier alpha value is -1.63. The molecule has 1 aliphatic rings. The maximum Gasteiger partial charge on any atom is 0.225 e. The maximum atomic E-state index is 12.2. The fourth-order valence-corrected chi connectivity index (χ4v) is 3.23. The number of rotatable bonds is 6. The van der Waals surface area contributed by atoms with Gasteiger partial charge in [-0.15, -0.1) is 11.3 Å². The number of anilines is 1. The SMILES string of the molecule is CC(C)CN1CC(C(=O)NCc2csc(N(C)C)n2)CC1=O. The van der Waals surface area contributed by atoms with Crippen molar-refractivity contribution in [1.29, 1.82) is 0 Å². The van der Waals surface area contributed by atoms with Crippen molar-refractivity contribution in [2.45, 2.75) is 26.8 Å². The number of carbonyl (C=O) groups is 2. The van der Waals surface area contributed by atoms with Crippen LogP contribution in [0.1, 0.15) is 26.0 Å². The molecule has 1 N–H and O–H groups in total. The molecule has 7 heteroatoms. The Balaban J connectivity index is 1.83. The summed E-state index contributed by atoms with van der Waals surface area (Å²) in [5.41, 5.74) is 0.852.